The third-order valence-electron chi connectivity index (χ3n) is 4.37. The summed E-state index contributed by atoms with van der Waals surface area (Å²) in [6.45, 7) is 3.95. The molecule has 1 heterocycles. The van der Waals surface area contributed by atoms with Crippen molar-refractivity contribution in [3.8, 4) is 22.7 Å². The minimum Gasteiger partial charge on any atom is -0.497 e. The standard InChI is InChI=1S/C21H22FN3O2/c1-4-14(2)23-21(26)20-13-19(15-6-5-7-18(12-15)27-3)24-25(20)17-10-8-16(22)9-11-17/h5-14H,4H2,1-3H3,(H,23,26). The number of nitrogens with zero attached hydrogens (tertiary/aromatic N) is 2. The summed E-state index contributed by atoms with van der Waals surface area (Å²) in [5, 5.41) is 7.54. The van der Waals surface area contributed by atoms with Crippen LogP contribution in [0.5, 0.6) is 5.75 Å². The molecular formula is C21H22FN3O2. The minimum atomic E-state index is -0.343. The van der Waals surface area contributed by atoms with Gasteiger partial charge in [-0.15, -0.1) is 0 Å². The summed E-state index contributed by atoms with van der Waals surface area (Å²) in [4.78, 5) is 12.8. The van der Waals surface area contributed by atoms with Gasteiger partial charge in [-0.25, -0.2) is 9.07 Å². The molecule has 3 rings (SSSR count). The Morgan fingerprint density at radius 3 is 2.63 bits per heavy atom. The summed E-state index contributed by atoms with van der Waals surface area (Å²) < 4.78 is 20.1. The number of methoxy groups -OCH3 is 1. The number of aromatic nitrogens is 2. The maximum Gasteiger partial charge on any atom is 0.270 e. The summed E-state index contributed by atoms with van der Waals surface area (Å²) in [6.07, 6.45) is 0.819. The van der Waals surface area contributed by atoms with E-state index in [1.54, 1.807) is 25.3 Å². The number of halogens is 1. The van der Waals surface area contributed by atoms with Gasteiger partial charge in [0, 0.05) is 11.6 Å². The SMILES string of the molecule is CCC(C)NC(=O)c1cc(-c2cccc(OC)c2)nn1-c1ccc(F)cc1. The molecule has 27 heavy (non-hydrogen) atoms. The van der Waals surface area contributed by atoms with Crippen molar-refractivity contribution in [2.75, 3.05) is 7.11 Å². The first kappa shape index (κ1) is 18.6. The van der Waals surface area contributed by atoms with Gasteiger partial charge in [0.25, 0.3) is 5.91 Å². The highest BCUT2D eigenvalue weighted by molar-refractivity contribution is 5.94. The van der Waals surface area contributed by atoms with Crippen LogP contribution in [0, 0.1) is 5.82 Å². The van der Waals surface area contributed by atoms with Crippen molar-refractivity contribution < 1.29 is 13.9 Å². The first-order chi connectivity index (χ1) is 13.0. The van der Waals surface area contributed by atoms with Crippen LogP contribution in [0.15, 0.2) is 54.6 Å². The molecular weight excluding hydrogens is 345 g/mol. The topological polar surface area (TPSA) is 56.1 Å². The Labute approximate surface area is 157 Å². The molecule has 0 bridgehead atoms. The molecule has 6 heteroatoms. The Morgan fingerprint density at radius 1 is 1.22 bits per heavy atom. The van der Waals surface area contributed by atoms with Gasteiger partial charge in [0.05, 0.1) is 18.5 Å². The number of ether oxygens (including phenoxy) is 1. The summed E-state index contributed by atoms with van der Waals surface area (Å²) >= 11 is 0. The molecule has 2 aromatic carbocycles. The van der Waals surface area contributed by atoms with Crippen molar-refractivity contribution in [1.29, 1.82) is 0 Å². The molecule has 0 radical (unpaired) electrons. The zero-order valence-electron chi connectivity index (χ0n) is 15.6. The van der Waals surface area contributed by atoms with Crippen molar-refractivity contribution >= 4 is 5.91 Å². The van der Waals surface area contributed by atoms with E-state index in [9.17, 15) is 9.18 Å². The molecule has 0 aliphatic carbocycles. The van der Waals surface area contributed by atoms with Crippen LogP contribution in [-0.2, 0) is 0 Å². The first-order valence-corrected chi connectivity index (χ1v) is 8.83. The van der Waals surface area contributed by atoms with Gasteiger partial charge in [-0.2, -0.15) is 5.10 Å². The highest BCUT2D eigenvalue weighted by Crippen LogP contribution is 2.25. The smallest absolute Gasteiger partial charge is 0.270 e. The Hall–Kier alpha value is -3.15. The molecule has 140 valence electrons. The van der Waals surface area contributed by atoms with Gasteiger partial charge in [-0.05, 0) is 55.8 Å². The fourth-order valence-corrected chi connectivity index (χ4v) is 2.65. The van der Waals surface area contributed by atoms with Crippen LogP contribution in [0.3, 0.4) is 0 Å². The predicted molar refractivity (Wildman–Crippen MR) is 103 cm³/mol. The molecule has 1 unspecified atom stereocenters. The first-order valence-electron chi connectivity index (χ1n) is 8.83. The van der Waals surface area contributed by atoms with E-state index in [1.807, 2.05) is 38.1 Å². The van der Waals surface area contributed by atoms with E-state index in [1.165, 1.54) is 16.8 Å². The average molecular weight is 367 g/mol. The highest BCUT2D eigenvalue weighted by Gasteiger charge is 2.19. The maximum atomic E-state index is 13.3. The molecule has 3 aromatic rings. The monoisotopic (exact) mass is 367 g/mol. The Bertz CT molecular complexity index is 935. The Kier molecular flexibility index (Phi) is 5.54. The van der Waals surface area contributed by atoms with E-state index in [4.69, 9.17) is 4.74 Å². The molecule has 0 aliphatic heterocycles. The molecule has 5 nitrogen and oxygen atoms in total. The number of benzene rings is 2. The van der Waals surface area contributed by atoms with Gasteiger partial charge in [0.1, 0.15) is 17.3 Å². The van der Waals surface area contributed by atoms with E-state index in [-0.39, 0.29) is 17.8 Å². The minimum absolute atomic E-state index is 0.0364. The van der Waals surface area contributed by atoms with Crippen molar-refractivity contribution in [3.63, 3.8) is 0 Å². The number of nitrogens with one attached hydrogen (secondary N) is 1. The second-order valence-electron chi connectivity index (χ2n) is 6.32. The number of carbonyl (C=O) groups is 1. The van der Waals surface area contributed by atoms with E-state index in [0.29, 0.717) is 22.8 Å². The lowest BCUT2D eigenvalue weighted by Gasteiger charge is -2.12. The third kappa shape index (κ3) is 4.16. The second-order valence-corrected chi connectivity index (χ2v) is 6.32. The van der Waals surface area contributed by atoms with Crippen molar-refractivity contribution in [1.82, 2.24) is 15.1 Å². The number of carbonyl (C=O) groups excluding carboxylic acids is 1. The number of rotatable bonds is 6. The van der Waals surface area contributed by atoms with Crippen molar-refractivity contribution in [2.24, 2.45) is 0 Å². The number of hydrogen-bond donors (Lipinski definition) is 1. The van der Waals surface area contributed by atoms with Crippen LogP contribution < -0.4 is 10.1 Å². The quantitative estimate of drug-likeness (QED) is 0.710. The molecule has 1 N–H and O–H groups in total. The maximum absolute atomic E-state index is 13.3. The molecule has 0 saturated heterocycles. The third-order valence-corrected chi connectivity index (χ3v) is 4.37. The van der Waals surface area contributed by atoms with Crippen LogP contribution in [0.25, 0.3) is 16.9 Å². The van der Waals surface area contributed by atoms with E-state index in [2.05, 4.69) is 10.4 Å². The van der Waals surface area contributed by atoms with Crippen LogP contribution >= 0.6 is 0 Å². The molecule has 0 saturated carbocycles. The molecule has 1 aromatic heterocycles. The zero-order valence-corrected chi connectivity index (χ0v) is 15.6. The molecule has 1 atom stereocenters. The van der Waals surface area contributed by atoms with Crippen LogP contribution in [0.1, 0.15) is 30.8 Å². The fourth-order valence-electron chi connectivity index (χ4n) is 2.65. The van der Waals surface area contributed by atoms with Gasteiger partial charge >= 0.3 is 0 Å². The Balaban J connectivity index is 2.07. The summed E-state index contributed by atoms with van der Waals surface area (Å²) in [5.41, 5.74) is 2.46. The van der Waals surface area contributed by atoms with Gasteiger partial charge in [-0.1, -0.05) is 19.1 Å². The van der Waals surface area contributed by atoms with E-state index >= 15 is 0 Å². The van der Waals surface area contributed by atoms with Gasteiger partial charge in [-0.3, -0.25) is 4.79 Å². The Morgan fingerprint density at radius 2 is 1.96 bits per heavy atom. The van der Waals surface area contributed by atoms with E-state index in [0.717, 1.165) is 12.0 Å². The molecule has 0 spiro atoms. The fraction of sp³-hybridized carbons (Fsp3) is 0.238. The van der Waals surface area contributed by atoms with Gasteiger partial charge in [0.15, 0.2) is 0 Å². The lowest BCUT2D eigenvalue weighted by molar-refractivity contribution is 0.0931. The molecule has 0 aliphatic rings. The molecule has 0 fully saturated rings. The van der Waals surface area contributed by atoms with Crippen LogP contribution in [-0.4, -0.2) is 28.8 Å². The number of hydrogen-bond acceptors (Lipinski definition) is 3. The average Bonchev–Trinajstić information content (AvgIpc) is 3.14. The van der Waals surface area contributed by atoms with E-state index < -0.39 is 0 Å². The lowest BCUT2D eigenvalue weighted by atomic mass is 10.1. The van der Waals surface area contributed by atoms with Crippen LogP contribution in [0.4, 0.5) is 4.39 Å². The predicted octanol–water partition coefficient (Wildman–Crippen LogP) is 4.22. The zero-order chi connectivity index (χ0) is 19.4. The summed E-state index contributed by atoms with van der Waals surface area (Å²) in [5.74, 6) is 0.134. The highest BCUT2D eigenvalue weighted by atomic mass is 19.1. The van der Waals surface area contributed by atoms with Crippen molar-refractivity contribution in [3.05, 3.63) is 66.1 Å². The second kappa shape index (κ2) is 8.03. The summed E-state index contributed by atoms with van der Waals surface area (Å²) in [7, 11) is 1.60. The van der Waals surface area contributed by atoms with Gasteiger partial charge in [0.2, 0.25) is 0 Å². The van der Waals surface area contributed by atoms with Gasteiger partial charge < -0.3 is 10.1 Å². The summed E-state index contributed by atoms with van der Waals surface area (Å²) in [6, 6.07) is 15.1. The van der Waals surface area contributed by atoms with Crippen LogP contribution in [0.2, 0.25) is 0 Å². The molecule has 1 amide bonds. The number of amides is 1. The lowest BCUT2D eigenvalue weighted by Crippen LogP contribution is -2.33. The normalized spacial score (nSPS) is 11.9. The van der Waals surface area contributed by atoms with Crippen molar-refractivity contribution in [2.45, 2.75) is 26.3 Å². The largest absolute Gasteiger partial charge is 0.497 e.